The number of nitrogens with zero attached hydrogens (tertiary/aromatic N) is 4. The number of esters is 1. The number of β-lactam (4-membered cyclic amide) rings is 1. The van der Waals surface area contributed by atoms with Crippen molar-refractivity contribution < 1.29 is 38.2 Å². The molecule has 2 aliphatic rings. The topological polar surface area (TPSA) is 185 Å². The van der Waals surface area contributed by atoms with Crippen LogP contribution in [0.4, 0.5) is 9.93 Å². The van der Waals surface area contributed by atoms with Crippen LogP contribution < -0.4 is 11.1 Å². The smallest absolute Gasteiger partial charge is 0.434 e. The average Bonchev–Trinajstić information content (AvgIpc) is 3.75. The van der Waals surface area contributed by atoms with E-state index in [9.17, 15) is 19.2 Å². The van der Waals surface area contributed by atoms with Crippen LogP contribution in [0.2, 0.25) is 0 Å². The number of thioether (sulfide) groups is 1. The molecule has 0 saturated carbocycles. The molecule has 0 radical (unpaired) electrons. The number of rotatable bonds is 17. The van der Waals surface area contributed by atoms with E-state index < -0.39 is 47.2 Å². The first-order valence-corrected chi connectivity index (χ1v) is 22.3. The van der Waals surface area contributed by atoms with Gasteiger partial charge in [0.2, 0.25) is 11.9 Å². The monoisotopic (exact) mass is 886 g/mol. The number of carbonyl (C=O) groups is 4. The third kappa shape index (κ3) is 9.97. The van der Waals surface area contributed by atoms with E-state index in [0.29, 0.717) is 5.57 Å². The summed E-state index contributed by atoms with van der Waals surface area (Å²) in [4.78, 5) is 71.5. The predicted octanol–water partition coefficient (Wildman–Crippen LogP) is 7.68. The maximum absolute atomic E-state index is 14.5. The number of amides is 2. The number of oxime groups is 1. The lowest BCUT2D eigenvalue weighted by Crippen LogP contribution is -2.71. The van der Waals surface area contributed by atoms with Crippen molar-refractivity contribution in [2.45, 2.75) is 56.9 Å². The molecule has 14 nitrogen and oxygen atoms in total. The van der Waals surface area contributed by atoms with Crippen LogP contribution in [0, 0.1) is 5.92 Å². The van der Waals surface area contributed by atoms with Gasteiger partial charge in [-0.05, 0) is 23.1 Å². The Kier molecular flexibility index (Phi) is 14.3. The molecule has 2 amide bonds. The zero-order valence-electron chi connectivity index (χ0n) is 34.8. The summed E-state index contributed by atoms with van der Waals surface area (Å²) >= 11 is 2.46. The number of thiazole rings is 1. The molecule has 0 aliphatic carbocycles. The van der Waals surface area contributed by atoms with E-state index in [4.69, 9.17) is 24.8 Å². The molecule has 0 bridgehead atoms. The Hall–Kier alpha value is -6.78. The van der Waals surface area contributed by atoms with Crippen molar-refractivity contribution in [3.63, 3.8) is 0 Å². The minimum atomic E-state index is -1.35. The normalized spacial score (nSPS) is 16.9. The summed E-state index contributed by atoms with van der Waals surface area (Å²) in [7, 11) is 0. The average molecular weight is 887 g/mol. The van der Waals surface area contributed by atoms with Gasteiger partial charge < -0.3 is 30.1 Å². The third-order valence-electron chi connectivity index (χ3n) is 10.6. The molecule has 1 unspecified atom stereocenters. The SMILES string of the molecule is CCC(CC)COC(=O)OC(C)OC(=O)C1=C(/C=C\c2cccnc2)CS[C@H]2[C@H](NC(=O)C(=NOC(c3ccccc3)(c3ccccc3)c3ccccc3)c3csc(N)n3)C(=O)N12. The van der Waals surface area contributed by atoms with Crippen LogP contribution in [-0.4, -0.2) is 74.6 Å². The molecule has 1 saturated heterocycles. The van der Waals surface area contributed by atoms with Gasteiger partial charge in [0.05, 0.1) is 6.61 Å². The lowest BCUT2D eigenvalue weighted by Gasteiger charge is -2.49. The highest BCUT2D eigenvalue weighted by Crippen LogP contribution is 2.43. The molecular formula is C47H46N6O8S2. The highest BCUT2D eigenvalue weighted by Gasteiger charge is 2.55. The number of ether oxygens (including phenoxy) is 3. The number of carbonyl (C=O) groups excluding carboxylic acids is 4. The first-order valence-electron chi connectivity index (χ1n) is 20.4. The van der Waals surface area contributed by atoms with Crippen molar-refractivity contribution in [3.05, 3.63) is 166 Å². The van der Waals surface area contributed by atoms with Gasteiger partial charge in [0.1, 0.15) is 22.8 Å². The minimum Gasteiger partial charge on any atom is -0.434 e. The Bertz CT molecular complexity index is 2380. The minimum absolute atomic E-state index is 0.0573. The van der Waals surface area contributed by atoms with Gasteiger partial charge in [-0.1, -0.05) is 141 Å². The zero-order valence-corrected chi connectivity index (χ0v) is 36.4. The van der Waals surface area contributed by atoms with E-state index in [1.807, 2.05) is 111 Å². The van der Waals surface area contributed by atoms with Crippen LogP contribution in [-0.2, 0) is 39.0 Å². The highest BCUT2D eigenvalue weighted by molar-refractivity contribution is 8.00. The second-order valence-corrected chi connectivity index (χ2v) is 16.6. The molecule has 7 rings (SSSR count). The van der Waals surface area contributed by atoms with E-state index >= 15 is 0 Å². The molecule has 324 valence electrons. The maximum atomic E-state index is 14.5. The number of nitrogens with one attached hydrogen (secondary N) is 1. The van der Waals surface area contributed by atoms with Crippen molar-refractivity contribution in [1.82, 2.24) is 20.2 Å². The fraction of sp³-hybridized carbons (Fsp3) is 0.255. The van der Waals surface area contributed by atoms with Crippen LogP contribution >= 0.6 is 23.1 Å². The van der Waals surface area contributed by atoms with Gasteiger partial charge in [-0.15, -0.1) is 23.1 Å². The number of pyridine rings is 1. The maximum Gasteiger partial charge on any atom is 0.511 e. The molecule has 2 aliphatic heterocycles. The quantitative estimate of drug-likeness (QED) is 0.0232. The Labute approximate surface area is 373 Å². The van der Waals surface area contributed by atoms with Gasteiger partial charge in [-0.2, -0.15) is 0 Å². The van der Waals surface area contributed by atoms with E-state index in [2.05, 4.69) is 20.4 Å². The first-order chi connectivity index (χ1) is 30.6. The lowest BCUT2D eigenvalue weighted by atomic mass is 9.80. The number of fused-ring (bicyclic) bond motifs is 1. The first kappa shape index (κ1) is 44.3. The van der Waals surface area contributed by atoms with Gasteiger partial charge in [-0.25, -0.2) is 14.6 Å². The Balaban J connectivity index is 1.17. The van der Waals surface area contributed by atoms with Gasteiger partial charge in [0.15, 0.2) is 10.8 Å². The number of hydrogen-bond acceptors (Lipinski definition) is 14. The summed E-state index contributed by atoms with van der Waals surface area (Å²) in [5.41, 5.74) is 8.04. The predicted molar refractivity (Wildman–Crippen MR) is 241 cm³/mol. The molecule has 3 aromatic carbocycles. The lowest BCUT2D eigenvalue weighted by molar-refractivity contribution is -0.169. The summed E-state index contributed by atoms with van der Waals surface area (Å²) in [5.74, 6) is -1.82. The molecule has 63 heavy (non-hydrogen) atoms. The Morgan fingerprint density at radius 2 is 1.56 bits per heavy atom. The van der Waals surface area contributed by atoms with Crippen LogP contribution in [0.15, 0.2) is 143 Å². The van der Waals surface area contributed by atoms with E-state index in [0.717, 1.165) is 46.4 Å². The van der Waals surface area contributed by atoms with Crippen molar-refractivity contribution >= 4 is 64.0 Å². The fourth-order valence-electron chi connectivity index (χ4n) is 7.14. The molecule has 16 heteroatoms. The van der Waals surface area contributed by atoms with Gasteiger partial charge in [0, 0.05) is 47.1 Å². The van der Waals surface area contributed by atoms with Gasteiger partial charge in [0.25, 0.3) is 11.8 Å². The number of hydrogen-bond donors (Lipinski definition) is 2. The van der Waals surface area contributed by atoms with Crippen LogP contribution in [0.1, 0.15) is 61.6 Å². The summed E-state index contributed by atoms with van der Waals surface area (Å²) in [5, 5.41) is 8.45. The Morgan fingerprint density at radius 3 is 2.11 bits per heavy atom. The van der Waals surface area contributed by atoms with Crippen molar-refractivity contribution in [3.8, 4) is 0 Å². The van der Waals surface area contributed by atoms with E-state index in [1.165, 1.54) is 23.6 Å². The molecule has 5 aromatic rings. The Morgan fingerprint density at radius 1 is 0.921 bits per heavy atom. The van der Waals surface area contributed by atoms with Crippen LogP contribution in [0.3, 0.4) is 0 Å². The number of nitrogens with two attached hydrogens (primary N) is 1. The standard InChI is InChI=1S/C47H46N6O8S2/c1-4-31(5-2)27-58-46(57)60-30(3)59-44(56)40-33(24-23-32-16-15-25-49-26-32)28-62-43-39(42(55)53(40)43)51-41(54)38(37-29-63-45(48)50-37)52-61-47(34-17-9-6-10-18-34,35-19-11-7-12-20-35)36-21-13-8-14-22-36/h6-26,29-31,39,43H,4-5,27-28H2,1-3H3,(H2,48,50)(H,51,54)/b24-23-,52-38?/t30?,39-,43+/m1/s1. The fourth-order valence-corrected chi connectivity index (χ4v) is 9.01. The van der Waals surface area contributed by atoms with Crippen molar-refractivity contribution in [1.29, 1.82) is 0 Å². The summed E-state index contributed by atoms with van der Waals surface area (Å²) in [6.45, 7) is 5.54. The molecule has 2 aromatic heterocycles. The molecule has 1 fully saturated rings. The highest BCUT2D eigenvalue weighted by atomic mass is 32.2. The number of nitrogen functional groups attached to an aromatic ring is 1. The largest absolute Gasteiger partial charge is 0.511 e. The summed E-state index contributed by atoms with van der Waals surface area (Å²) < 4.78 is 16.1. The zero-order chi connectivity index (χ0) is 44.3. The van der Waals surface area contributed by atoms with Crippen LogP contribution in [0.5, 0.6) is 0 Å². The number of allylic oxidation sites excluding steroid dienone is 1. The van der Waals surface area contributed by atoms with E-state index in [1.54, 1.807) is 36.0 Å². The number of aromatic nitrogens is 2. The molecule has 0 spiro atoms. The second-order valence-electron chi connectivity index (χ2n) is 14.6. The molecular weight excluding hydrogens is 841 g/mol. The second kappa shape index (κ2) is 20.4. The van der Waals surface area contributed by atoms with Crippen molar-refractivity contribution in [2.24, 2.45) is 11.1 Å². The van der Waals surface area contributed by atoms with Crippen LogP contribution in [0.25, 0.3) is 6.08 Å². The summed E-state index contributed by atoms with van der Waals surface area (Å²) in [6.07, 6.45) is 6.08. The summed E-state index contributed by atoms with van der Waals surface area (Å²) in [6, 6.07) is 31.1. The van der Waals surface area contributed by atoms with E-state index in [-0.39, 0.29) is 40.5 Å². The number of anilines is 1. The van der Waals surface area contributed by atoms with Gasteiger partial charge >= 0.3 is 12.1 Å². The van der Waals surface area contributed by atoms with Crippen molar-refractivity contribution in [2.75, 3.05) is 18.1 Å². The molecule has 3 N–H and O–H groups in total. The third-order valence-corrected chi connectivity index (χ3v) is 12.5. The van der Waals surface area contributed by atoms with Gasteiger partial charge in [-0.3, -0.25) is 19.5 Å². The molecule has 4 heterocycles. The number of benzene rings is 3. The molecule has 3 atom stereocenters.